The Hall–Kier alpha value is -1.59. The predicted molar refractivity (Wildman–Crippen MR) is 91.3 cm³/mol. The number of carbonyl (C=O) groups is 1. The van der Waals surface area contributed by atoms with Crippen LogP contribution in [-0.2, 0) is 4.74 Å². The van der Waals surface area contributed by atoms with Gasteiger partial charge in [0.25, 0.3) is 5.91 Å². The second kappa shape index (κ2) is 7.11. The number of hydrogen-bond acceptors (Lipinski definition) is 4. The summed E-state index contributed by atoms with van der Waals surface area (Å²) >= 11 is 0. The topological polar surface area (TPSA) is 59.0 Å². The average molecular weight is 333 g/mol. The van der Waals surface area contributed by atoms with Crippen molar-refractivity contribution in [2.75, 3.05) is 19.7 Å². The molecule has 0 aliphatic carbocycles. The number of hydrogen-bond donors (Lipinski definition) is 1. The Labute approximate surface area is 143 Å². The molecule has 24 heavy (non-hydrogen) atoms. The van der Waals surface area contributed by atoms with Crippen LogP contribution in [0.3, 0.4) is 0 Å². The summed E-state index contributed by atoms with van der Waals surface area (Å²) in [6.07, 6.45) is 2.83. The van der Waals surface area contributed by atoms with Crippen molar-refractivity contribution in [3.63, 3.8) is 0 Å². The molecule has 2 saturated heterocycles. The van der Waals surface area contributed by atoms with Gasteiger partial charge in [-0.2, -0.15) is 0 Å². The van der Waals surface area contributed by atoms with Crippen LogP contribution in [0, 0.1) is 0 Å². The van der Waals surface area contributed by atoms with Crippen molar-refractivity contribution >= 4 is 5.91 Å². The average Bonchev–Trinajstić information content (AvgIpc) is 2.58. The summed E-state index contributed by atoms with van der Waals surface area (Å²) < 4.78 is 11.5. The molecule has 3 rings (SSSR count). The Bertz CT molecular complexity index is 561. The number of rotatable bonds is 3. The Morgan fingerprint density at radius 3 is 2.54 bits per heavy atom. The standard InChI is InChI=1S/C19H27NO4/c1-14(2)24-16-7-5-15(6-8-16)18(22)20-11-9-19(10-12-20)17(21)4-3-13-23-19/h5-8,14,17,21H,3-4,9-13H2,1-2H3. The Morgan fingerprint density at radius 1 is 1.29 bits per heavy atom. The highest BCUT2D eigenvalue weighted by molar-refractivity contribution is 5.94. The Balaban J connectivity index is 1.60. The van der Waals surface area contributed by atoms with E-state index < -0.39 is 11.7 Å². The number of ether oxygens (including phenoxy) is 2. The maximum Gasteiger partial charge on any atom is 0.253 e. The van der Waals surface area contributed by atoms with Crippen molar-refractivity contribution in [1.82, 2.24) is 4.90 Å². The molecule has 0 saturated carbocycles. The number of amides is 1. The van der Waals surface area contributed by atoms with E-state index in [0.717, 1.165) is 18.6 Å². The lowest BCUT2D eigenvalue weighted by Gasteiger charge is -2.46. The number of carbonyl (C=O) groups excluding carboxylic acids is 1. The summed E-state index contributed by atoms with van der Waals surface area (Å²) in [5.41, 5.74) is 0.233. The Morgan fingerprint density at radius 2 is 1.96 bits per heavy atom. The highest BCUT2D eigenvalue weighted by atomic mass is 16.5. The van der Waals surface area contributed by atoms with Crippen molar-refractivity contribution in [2.24, 2.45) is 0 Å². The van der Waals surface area contributed by atoms with E-state index in [1.165, 1.54) is 0 Å². The van der Waals surface area contributed by atoms with Gasteiger partial charge in [0.15, 0.2) is 0 Å². The molecule has 1 aromatic carbocycles. The fraction of sp³-hybridized carbons (Fsp3) is 0.632. The second-order valence-corrected chi connectivity index (χ2v) is 7.05. The molecular formula is C19H27NO4. The number of nitrogens with zero attached hydrogens (tertiary/aromatic N) is 1. The molecule has 0 radical (unpaired) electrons. The first-order chi connectivity index (χ1) is 11.5. The number of piperidine rings is 1. The molecule has 2 heterocycles. The van der Waals surface area contributed by atoms with Gasteiger partial charge in [0, 0.05) is 25.3 Å². The molecule has 2 fully saturated rings. The first kappa shape index (κ1) is 17.2. The molecule has 5 heteroatoms. The third-order valence-electron chi connectivity index (χ3n) is 4.99. The molecule has 1 unspecified atom stereocenters. The van der Waals surface area contributed by atoms with Gasteiger partial charge < -0.3 is 19.5 Å². The lowest BCUT2D eigenvalue weighted by Crippen LogP contribution is -2.56. The minimum Gasteiger partial charge on any atom is -0.491 e. The van der Waals surface area contributed by atoms with E-state index in [4.69, 9.17) is 9.47 Å². The van der Waals surface area contributed by atoms with Crippen LogP contribution in [0.2, 0.25) is 0 Å². The van der Waals surface area contributed by atoms with Gasteiger partial charge in [-0.15, -0.1) is 0 Å². The van der Waals surface area contributed by atoms with E-state index in [9.17, 15) is 9.90 Å². The summed E-state index contributed by atoms with van der Waals surface area (Å²) in [5, 5.41) is 10.3. The molecule has 1 spiro atoms. The zero-order valence-electron chi connectivity index (χ0n) is 14.5. The third kappa shape index (κ3) is 3.57. The maximum absolute atomic E-state index is 12.7. The third-order valence-corrected chi connectivity index (χ3v) is 4.99. The van der Waals surface area contributed by atoms with Crippen LogP contribution in [0.25, 0.3) is 0 Å². The quantitative estimate of drug-likeness (QED) is 0.924. The fourth-order valence-corrected chi connectivity index (χ4v) is 3.61. The summed E-state index contributed by atoms with van der Waals surface area (Å²) in [6.45, 7) is 5.91. The molecule has 2 aliphatic rings. The van der Waals surface area contributed by atoms with Gasteiger partial charge in [-0.25, -0.2) is 0 Å². The van der Waals surface area contributed by atoms with Crippen LogP contribution in [0.15, 0.2) is 24.3 Å². The Kier molecular flexibility index (Phi) is 5.11. The molecule has 1 aromatic rings. The van der Waals surface area contributed by atoms with Crippen LogP contribution >= 0.6 is 0 Å². The number of aliphatic hydroxyl groups excluding tert-OH is 1. The molecular weight excluding hydrogens is 306 g/mol. The molecule has 1 amide bonds. The summed E-state index contributed by atoms with van der Waals surface area (Å²) in [7, 11) is 0. The van der Waals surface area contributed by atoms with Gasteiger partial charge >= 0.3 is 0 Å². The van der Waals surface area contributed by atoms with Gasteiger partial charge in [-0.1, -0.05) is 0 Å². The molecule has 132 valence electrons. The van der Waals surface area contributed by atoms with E-state index in [1.807, 2.05) is 43.0 Å². The molecule has 1 N–H and O–H groups in total. The van der Waals surface area contributed by atoms with Gasteiger partial charge in [0.1, 0.15) is 5.75 Å². The van der Waals surface area contributed by atoms with Crippen molar-refractivity contribution in [2.45, 2.75) is 57.3 Å². The summed E-state index contributed by atoms with van der Waals surface area (Å²) in [6, 6.07) is 7.31. The van der Waals surface area contributed by atoms with Crippen LogP contribution < -0.4 is 4.74 Å². The second-order valence-electron chi connectivity index (χ2n) is 7.05. The van der Waals surface area contributed by atoms with Gasteiger partial charge in [-0.05, 0) is 63.8 Å². The first-order valence-electron chi connectivity index (χ1n) is 8.88. The van der Waals surface area contributed by atoms with Crippen molar-refractivity contribution in [3.8, 4) is 5.75 Å². The zero-order valence-corrected chi connectivity index (χ0v) is 14.5. The molecule has 0 bridgehead atoms. The SMILES string of the molecule is CC(C)Oc1ccc(C(=O)N2CCC3(CC2)OCCCC3O)cc1. The number of benzene rings is 1. The smallest absolute Gasteiger partial charge is 0.253 e. The van der Waals surface area contributed by atoms with E-state index in [0.29, 0.717) is 38.1 Å². The lowest BCUT2D eigenvalue weighted by atomic mass is 9.82. The van der Waals surface area contributed by atoms with E-state index in [-0.39, 0.29) is 12.0 Å². The zero-order chi connectivity index (χ0) is 17.2. The number of aliphatic hydroxyl groups is 1. The molecule has 5 nitrogen and oxygen atoms in total. The van der Waals surface area contributed by atoms with Crippen LogP contribution in [0.4, 0.5) is 0 Å². The van der Waals surface area contributed by atoms with Crippen LogP contribution in [0.5, 0.6) is 5.75 Å². The van der Waals surface area contributed by atoms with Crippen molar-refractivity contribution in [3.05, 3.63) is 29.8 Å². The molecule has 0 aromatic heterocycles. The van der Waals surface area contributed by atoms with Gasteiger partial charge in [-0.3, -0.25) is 4.79 Å². The van der Waals surface area contributed by atoms with Crippen LogP contribution in [-0.4, -0.2) is 53.4 Å². The summed E-state index contributed by atoms with van der Waals surface area (Å²) in [4.78, 5) is 14.5. The summed E-state index contributed by atoms with van der Waals surface area (Å²) in [5.74, 6) is 0.809. The normalized spacial score (nSPS) is 23.5. The largest absolute Gasteiger partial charge is 0.491 e. The van der Waals surface area contributed by atoms with E-state index in [2.05, 4.69) is 0 Å². The van der Waals surface area contributed by atoms with E-state index >= 15 is 0 Å². The molecule has 1 atom stereocenters. The first-order valence-corrected chi connectivity index (χ1v) is 8.88. The van der Waals surface area contributed by atoms with Crippen LogP contribution in [0.1, 0.15) is 49.9 Å². The maximum atomic E-state index is 12.7. The highest BCUT2D eigenvalue weighted by Crippen LogP contribution is 2.35. The monoisotopic (exact) mass is 333 g/mol. The number of likely N-dealkylation sites (tertiary alicyclic amines) is 1. The fourth-order valence-electron chi connectivity index (χ4n) is 3.61. The lowest BCUT2D eigenvalue weighted by molar-refractivity contribution is -0.174. The minimum absolute atomic E-state index is 0.0336. The van der Waals surface area contributed by atoms with Gasteiger partial charge in [0.2, 0.25) is 0 Å². The van der Waals surface area contributed by atoms with Crippen molar-refractivity contribution in [1.29, 1.82) is 0 Å². The minimum atomic E-state index is -0.440. The predicted octanol–water partition coefficient (Wildman–Crippen LogP) is 2.62. The van der Waals surface area contributed by atoms with Crippen molar-refractivity contribution < 1.29 is 19.4 Å². The highest BCUT2D eigenvalue weighted by Gasteiger charge is 2.44. The van der Waals surface area contributed by atoms with Gasteiger partial charge in [0.05, 0.1) is 17.8 Å². The molecule has 2 aliphatic heterocycles. The van der Waals surface area contributed by atoms with E-state index in [1.54, 1.807) is 0 Å².